The highest BCUT2D eigenvalue weighted by molar-refractivity contribution is 5.99. The first kappa shape index (κ1) is 39.6. The van der Waals surface area contributed by atoms with Crippen molar-refractivity contribution in [2.45, 2.75) is 186 Å². The third-order valence-electron chi connectivity index (χ3n) is 8.59. The summed E-state index contributed by atoms with van der Waals surface area (Å²) in [5.41, 5.74) is 0. The lowest BCUT2D eigenvalue weighted by Gasteiger charge is -2.44. The van der Waals surface area contributed by atoms with E-state index in [1.54, 1.807) is 0 Å². The maximum Gasteiger partial charge on any atom is 0.232 e. The van der Waals surface area contributed by atoms with E-state index in [4.69, 9.17) is 4.74 Å². The molecule has 252 valence electrons. The molecule has 1 amide bonds. The Morgan fingerprint density at radius 2 is 1.05 bits per heavy atom. The van der Waals surface area contributed by atoms with Crippen molar-refractivity contribution in [3.63, 3.8) is 0 Å². The molecule has 5 atom stereocenters. The van der Waals surface area contributed by atoms with Crippen molar-refractivity contribution in [2.24, 2.45) is 0 Å². The van der Waals surface area contributed by atoms with Crippen molar-refractivity contribution in [3.05, 3.63) is 0 Å². The van der Waals surface area contributed by atoms with Gasteiger partial charge in [0.1, 0.15) is 36.0 Å². The number of aliphatic hydroxyl groups is 4. The van der Waals surface area contributed by atoms with Gasteiger partial charge in [0, 0.05) is 25.8 Å². The first-order valence-electron chi connectivity index (χ1n) is 17.4. The predicted octanol–water partition coefficient (Wildman–Crippen LogP) is 5.38. The Morgan fingerprint density at radius 1 is 0.581 bits per heavy atom. The van der Waals surface area contributed by atoms with Crippen LogP contribution in [0.15, 0.2) is 0 Å². The van der Waals surface area contributed by atoms with Crippen molar-refractivity contribution < 1.29 is 39.5 Å². The number of Topliss-reactive ketones (excluding diaryl/α,β-unsaturated/α-hetero) is 2. The van der Waals surface area contributed by atoms with Gasteiger partial charge in [-0.05, 0) is 12.8 Å². The Balaban J connectivity index is 2.45. The lowest BCUT2D eigenvalue weighted by atomic mass is 9.97. The quantitative estimate of drug-likeness (QED) is 0.0714. The number of unbranched alkanes of at least 4 members (excludes halogenated alkanes) is 16. The van der Waals surface area contributed by atoms with Crippen LogP contribution >= 0.6 is 0 Å². The van der Waals surface area contributed by atoms with Gasteiger partial charge in [-0.15, -0.1) is 0 Å². The van der Waals surface area contributed by atoms with Gasteiger partial charge in [-0.3, -0.25) is 14.4 Å². The highest BCUT2D eigenvalue weighted by Crippen LogP contribution is 2.25. The van der Waals surface area contributed by atoms with E-state index < -0.39 is 49.6 Å². The summed E-state index contributed by atoms with van der Waals surface area (Å²) in [6.45, 7) is 3.85. The molecule has 0 radical (unpaired) electrons. The van der Waals surface area contributed by atoms with Gasteiger partial charge < -0.3 is 30.1 Å². The highest BCUT2D eigenvalue weighted by atomic mass is 16.6. The number of carbonyl (C=O) groups is 3. The van der Waals surface area contributed by atoms with E-state index in [-0.39, 0.29) is 31.0 Å². The molecule has 0 aliphatic carbocycles. The van der Waals surface area contributed by atoms with Crippen LogP contribution in [0.2, 0.25) is 0 Å². The van der Waals surface area contributed by atoms with E-state index in [1.807, 2.05) is 6.92 Å². The molecule has 0 aromatic heterocycles. The van der Waals surface area contributed by atoms with Gasteiger partial charge in [0.15, 0.2) is 6.23 Å². The van der Waals surface area contributed by atoms with Crippen LogP contribution in [0.3, 0.4) is 0 Å². The Kier molecular flexibility index (Phi) is 22.9. The monoisotopic (exact) mass is 613 g/mol. The number of nitrogens with zero attached hydrogens (tertiary/aromatic N) is 1. The van der Waals surface area contributed by atoms with Crippen LogP contribution in [-0.2, 0) is 19.1 Å². The third-order valence-corrected chi connectivity index (χ3v) is 8.59. The molecule has 1 aliphatic heterocycles. The number of ether oxygens (including phenoxy) is 1. The molecule has 0 saturated carbocycles. The van der Waals surface area contributed by atoms with Crippen LogP contribution in [0, 0.1) is 0 Å². The molecule has 1 fully saturated rings. The van der Waals surface area contributed by atoms with E-state index in [0.29, 0.717) is 12.8 Å². The molecular formula is C34H63NO8. The second-order valence-electron chi connectivity index (χ2n) is 12.5. The van der Waals surface area contributed by atoms with Crippen molar-refractivity contribution in [1.29, 1.82) is 0 Å². The molecule has 0 aromatic rings. The average molecular weight is 614 g/mol. The predicted molar refractivity (Wildman–Crippen MR) is 168 cm³/mol. The second-order valence-corrected chi connectivity index (χ2v) is 12.5. The molecule has 0 unspecified atom stereocenters. The molecule has 1 heterocycles. The summed E-state index contributed by atoms with van der Waals surface area (Å²) in [7, 11) is 0. The fraction of sp³-hybridized carbons (Fsp3) is 0.912. The molecule has 1 aliphatic rings. The van der Waals surface area contributed by atoms with Gasteiger partial charge in [-0.2, -0.15) is 0 Å². The standard InChI is InChI=1S/C34H63NO8/c1-3-5-7-8-9-10-11-12-13-14-15-16-17-18-19-20-24-35(34-33(42)32(41)31(40)29(26-36)43-34)30(39)25-28(38)23-22-27(37)21-6-4-2/h29,31-34,36,40-42H,3-26H2,1-2H3/t29-,31-,32+,33-,34-/m1/s1. The lowest BCUT2D eigenvalue weighted by molar-refractivity contribution is -0.262. The summed E-state index contributed by atoms with van der Waals surface area (Å²) in [6.07, 6.45) is 14.0. The minimum Gasteiger partial charge on any atom is -0.394 e. The molecule has 9 nitrogen and oxygen atoms in total. The molecule has 4 N–H and O–H groups in total. The van der Waals surface area contributed by atoms with E-state index in [0.717, 1.165) is 32.1 Å². The van der Waals surface area contributed by atoms with Crippen LogP contribution < -0.4 is 0 Å². The zero-order chi connectivity index (χ0) is 31.9. The Bertz CT molecular complexity index is 746. The fourth-order valence-electron chi connectivity index (χ4n) is 5.70. The number of rotatable bonds is 27. The maximum absolute atomic E-state index is 13.2. The van der Waals surface area contributed by atoms with E-state index in [9.17, 15) is 34.8 Å². The summed E-state index contributed by atoms with van der Waals surface area (Å²) in [4.78, 5) is 38.9. The molecule has 0 spiro atoms. The topological polar surface area (TPSA) is 145 Å². The number of hydrogen-bond donors (Lipinski definition) is 4. The molecule has 9 heteroatoms. The second kappa shape index (κ2) is 24.9. The lowest BCUT2D eigenvalue weighted by Crippen LogP contribution is -2.64. The van der Waals surface area contributed by atoms with Crippen LogP contribution in [0.4, 0.5) is 0 Å². The largest absolute Gasteiger partial charge is 0.394 e. The number of ketones is 2. The van der Waals surface area contributed by atoms with Crippen LogP contribution in [-0.4, -0.2) is 86.6 Å². The minimum absolute atomic E-state index is 0.00149. The molecule has 1 saturated heterocycles. The molecule has 1 rings (SSSR count). The fourth-order valence-corrected chi connectivity index (χ4v) is 5.70. The van der Waals surface area contributed by atoms with Crippen molar-refractivity contribution in [3.8, 4) is 0 Å². The number of aliphatic hydroxyl groups excluding tert-OH is 4. The summed E-state index contributed by atoms with van der Waals surface area (Å²) >= 11 is 0. The first-order chi connectivity index (χ1) is 20.8. The van der Waals surface area contributed by atoms with E-state index in [1.165, 1.54) is 81.9 Å². The maximum atomic E-state index is 13.2. The number of amides is 1. The summed E-state index contributed by atoms with van der Waals surface area (Å²) in [6, 6.07) is 0. The van der Waals surface area contributed by atoms with E-state index in [2.05, 4.69) is 6.92 Å². The Morgan fingerprint density at radius 3 is 1.53 bits per heavy atom. The normalized spacial score (nSPS) is 22.0. The van der Waals surface area contributed by atoms with Crippen molar-refractivity contribution in [1.82, 2.24) is 4.90 Å². The summed E-state index contributed by atoms with van der Waals surface area (Å²) in [5.74, 6) is -0.922. The van der Waals surface area contributed by atoms with Crippen LogP contribution in [0.25, 0.3) is 0 Å². The number of hydrogen-bond acceptors (Lipinski definition) is 8. The van der Waals surface area contributed by atoms with Gasteiger partial charge in [0.2, 0.25) is 5.91 Å². The zero-order valence-corrected chi connectivity index (χ0v) is 27.2. The smallest absolute Gasteiger partial charge is 0.232 e. The average Bonchev–Trinajstić information content (AvgIpc) is 3.00. The van der Waals surface area contributed by atoms with Gasteiger partial charge in [-0.25, -0.2) is 0 Å². The molecular weight excluding hydrogens is 550 g/mol. The SMILES string of the molecule is CCCCCCCCCCCCCCCCCCN(C(=O)CC(=O)CCC(=O)CCCC)[C@@H]1O[C@H](CO)[C@@H](O)[C@H](O)[C@H]1O. The molecule has 0 aromatic carbocycles. The molecule has 0 bridgehead atoms. The van der Waals surface area contributed by atoms with Gasteiger partial charge in [-0.1, -0.05) is 117 Å². The van der Waals surface area contributed by atoms with Crippen molar-refractivity contribution >= 4 is 17.5 Å². The number of carbonyl (C=O) groups excluding carboxylic acids is 3. The highest BCUT2D eigenvalue weighted by Gasteiger charge is 2.46. The van der Waals surface area contributed by atoms with Gasteiger partial charge in [0.25, 0.3) is 0 Å². The van der Waals surface area contributed by atoms with Crippen LogP contribution in [0.1, 0.15) is 155 Å². The Hall–Kier alpha value is -1.39. The first-order valence-corrected chi connectivity index (χ1v) is 17.4. The van der Waals surface area contributed by atoms with Crippen LogP contribution in [0.5, 0.6) is 0 Å². The summed E-state index contributed by atoms with van der Waals surface area (Å²) < 4.78 is 5.65. The summed E-state index contributed by atoms with van der Waals surface area (Å²) in [5, 5.41) is 40.7. The third kappa shape index (κ3) is 17.0. The Labute approximate surface area is 260 Å². The van der Waals surface area contributed by atoms with E-state index >= 15 is 0 Å². The molecule has 43 heavy (non-hydrogen) atoms. The zero-order valence-electron chi connectivity index (χ0n) is 27.2. The van der Waals surface area contributed by atoms with Gasteiger partial charge in [0.05, 0.1) is 13.0 Å². The van der Waals surface area contributed by atoms with Gasteiger partial charge >= 0.3 is 0 Å². The minimum atomic E-state index is -1.61. The van der Waals surface area contributed by atoms with Crippen molar-refractivity contribution in [2.75, 3.05) is 13.2 Å².